The number of nitro benzene ring substituents is 2. The number of piperidine rings is 3. The van der Waals surface area contributed by atoms with Gasteiger partial charge in [-0.25, -0.2) is 17.1 Å². The van der Waals surface area contributed by atoms with Gasteiger partial charge in [-0.3, -0.25) is 25.0 Å². The van der Waals surface area contributed by atoms with Gasteiger partial charge in [-0.2, -0.15) is 0 Å². The number of ether oxygens (including phenoxy) is 1. The van der Waals surface area contributed by atoms with Gasteiger partial charge >= 0.3 is 0 Å². The number of rotatable bonds is 15. The predicted molar refractivity (Wildman–Crippen MR) is 307 cm³/mol. The molecular weight excluding hydrogens is 1010 g/mol. The van der Waals surface area contributed by atoms with Crippen LogP contribution in [0.25, 0.3) is 0 Å². The van der Waals surface area contributed by atoms with Crippen molar-refractivity contribution in [3.05, 3.63) is 126 Å². The highest BCUT2D eigenvalue weighted by molar-refractivity contribution is 7.89. The molecule has 0 aromatic heterocycles. The lowest BCUT2D eigenvalue weighted by Gasteiger charge is -2.37. The molecular formula is C56H85ClFN9O8S. The minimum absolute atomic E-state index is 0. The van der Waals surface area contributed by atoms with E-state index in [4.69, 9.17) is 4.74 Å². The molecule has 3 fully saturated rings. The molecule has 0 unspecified atom stereocenters. The van der Waals surface area contributed by atoms with Crippen molar-refractivity contribution in [2.24, 2.45) is 0 Å². The maximum absolute atomic E-state index is 13.2. The van der Waals surface area contributed by atoms with E-state index in [0.29, 0.717) is 40.9 Å². The number of ketones is 1. The van der Waals surface area contributed by atoms with Gasteiger partial charge < -0.3 is 34.6 Å². The molecule has 76 heavy (non-hydrogen) atoms. The van der Waals surface area contributed by atoms with E-state index in [1.165, 1.54) is 61.5 Å². The summed E-state index contributed by atoms with van der Waals surface area (Å²) in [5.74, 6) is 0.232. The number of halogens is 2. The van der Waals surface area contributed by atoms with Gasteiger partial charge in [0.25, 0.3) is 11.4 Å². The van der Waals surface area contributed by atoms with Crippen LogP contribution in [0.15, 0.2) is 71.6 Å². The number of non-ortho nitro benzene ring substituents is 2. The van der Waals surface area contributed by atoms with E-state index >= 15 is 0 Å². The minimum Gasteiger partial charge on any atom is -0.497 e. The summed E-state index contributed by atoms with van der Waals surface area (Å²) in [4.78, 5) is 44.7. The van der Waals surface area contributed by atoms with Gasteiger partial charge in [-0.05, 0) is 192 Å². The fourth-order valence-electron chi connectivity index (χ4n) is 9.91. The van der Waals surface area contributed by atoms with Crippen LogP contribution in [0.4, 0.5) is 27.1 Å². The molecule has 0 radical (unpaired) electrons. The third kappa shape index (κ3) is 19.0. The van der Waals surface area contributed by atoms with Crippen LogP contribution < -0.4 is 19.9 Å². The number of nitrogens with zero attached hydrogens (tertiary/aromatic N) is 8. The average molecular weight is 1100 g/mol. The Bertz CT molecular complexity index is 2610. The Labute approximate surface area is 458 Å². The van der Waals surface area contributed by atoms with Crippen molar-refractivity contribution >= 4 is 51.0 Å². The topological polar surface area (TPSA) is 178 Å². The third-order valence-electron chi connectivity index (χ3n) is 14.6. The SMILES string of the molecule is CN(C)C1CCNCC1.COc1cc(C)c(S(=O)(=O)N(C)CCC(=O)Cc2ccc(N3CCC(N(C)C)CC3)c(C)c2)c(C)c1.Cc1cc([N+](=O)[O-])ccc1F.Cc1cc([N+](=O)[O-])ccc1N1CCC(N(C)C)CC1.Cl. The molecule has 422 valence electrons. The number of nitro groups is 2. The molecule has 3 aliphatic rings. The van der Waals surface area contributed by atoms with Crippen molar-refractivity contribution in [3.63, 3.8) is 0 Å². The molecule has 1 N–H and O–H groups in total. The van der Waals surface area contributed by atoms with E-state index in [1.54, 1.807) is 45.2 Å². The van der Waals surface area contributed by atoms with E-state index < -0.39 is 20.8 Å². The monoisotopic (exact) mass is 1100 g/mol. The molecule has 0 spiro atoms. The maximum Gasteiger partial charge on any atom is 0.269 e. The average Bonchev–Trinajstić information content (AvgIpc) is 3.37. The third-order valence-corrected chi connectivity index (χ3v) is 16.7. The summed E-state index contributed by atoms with van der Waals surface area (Å²) in [5.41, 5.74) is 7.14. The minimum atomic E-state index is -3.71. The number of anilines is 2. The molecule has 0 amide bonds. The summed E-state index contributed by atoms with van der Waals surface area (Å²) in [6, 6.07) is 20.4. The highest BCUT2D eigenvalue weighted by Gasteiger charge is 2.27. The molecule has 20 heteroatoms. The Morgan fingerprint density at radius 1 is 0.645 bits per heavy atom. The molecule has 0 aliphatic carbocycles. The lowest BCUT2D eigenvalue weighted by atomic mass is 10.00. The first-order valence-electron chi connectivity index (χ1n) is 25.9. The summed E-state index contributed by atoms with van der Waals surface area (Å²) in [5, 5.41) is 24.2. The second-order valence-corrected chi connectivity index (χ2v) is 22.7. The molecule has 0 atom stereocenters. The molecule has 4 aromatic rings. The van der Waals surface area contributed by atoms with Gasteiger partial charge in [-0.15, -0.1) is 12.4 Å². The van der Waals surface area contributed by atoms with Crippen molar-refractivity contribution in [2.45, 2.75) is 109 Å². The Hall–Kier alpha value is -5.28. The number of Topliss-reactive ketones (excluding diaryl/α,β-unsaturated/α-hetero) is 1. The van der Waals surface area contributed by atoms with Crippen molar-refractivity contribution < 1.29 is 32.2 Å². The van der Waals surface area contributed by atoms with Crippen LogP contribution in [0.2, 0.25) is 0 Å². The first-order valence-corrected chi connectivity index (χ1v) is 27.4. The van der Waals surface area contributed by atoms with E-state index in [9.17, 15) is 37.8 Å². The van der Waals surface area contributed by atoms with E-state index in [-0.39, 0.29) is 52.3 Å². The van der Waals surface area contributed by atoms with Crippen LogP contribution in [-0.2, 0) is 21.2 Å². The van der Waals surface area contributed by atoms with Crippen molar-refractivity contribution in [1.29, 1.82) is 0 Å². The standard InChI is InChI=1S/C28H41N3O4S.C14H21N3O2.C7H6FNO2.C7H16N2.ClH/c1-20-16-23(8-9-27(20)31-14-10-24(11-15-31)29(4)5)19-25(32)12-13-30(6)36(33,34)28-21(2)17-26(35-7)18-22(28)3;1-11-10-13(17(18)19)4-5-14(11)16-8-6-12(7-9-16)15(2)3;1-5-4-6(9(10)11)2-3-7(5)8;1-9(2)7-3-5-8-6-4-7;/h8-9,16-18,24H,10-15,19H2,1-7H3;4-5,10,12H,6-9H2,1-3H3;2-4H,1H3;7-8H,3-6H2,1-2H3;1H. The van der Waals surface area contributed by atoms with Gasteiger partial charge in [0.15, 0.2) is 0 Å². The van der Waals surface area contributed by atoms with Crippen LogP contribution in [0.5, 0.6) is 5.75 Å². The van der Waals surface area contributed by atoms with Crippen molar-refractivity contribution in [2.75, 3.05) is 112 Å². The number of aryl methyl sites for hydroxylation is 5. The molecule has 4 aromatic carbocycles. The zero-order valence-corrected chi connectivity index (χ0v) is 48.9. The predicted octanol–water partition coefficient (Wildman–Crippen LogP) is 9.17. The molecule has 0 bridgehead atoms. The smallest absolute Gasteiger partial charge is 0.269 e. The van der Waals surface area contributed by atoms with Crippen LogP contribution in [-0.4, -0.2) is 163 Å². The summed E-state index contributed by atoms with van der Waals surface area (Å²) in [6.45, 7) is 15.7. The number of sulfonamides is 1. The number of carbonyl (C=O) groups is 1. The van der Waals surface area contributed by atoms with E-state index in [1.807, 2.05) is 19.1 Å². The van der Waals surface area contributed by atoms with Gasteiger partial charge in [0, 0.05) is 106 Å². The van der Waals surface area contributed by atoms with Crippen LogP contribution in [0, 0.1) is 60.7 Å². The highest BCUT2D eigenvalue weighted by Crippen LogP contribution is 2.30. The number of methoxy groups -OCH3 is 1. The second-order valence-electron chi connectivity index (χ2n) is 20.7. The fraction of sp³-hybridized carbons (Fsp3) is 0.554. The van der Waals surface area contributed by atoms with Crippen molar-refractivity contribution in [1.82, 2.24) is 24.3 Å². The first-order chi connectivity index (χ1) is 35.3. The number of carbonyl (C=O) groups excluding carboxylic acids is 1. The summed E-state index contributed by atoms with van der Waals surface area (Å²) >= 11 is 0. The molecule has 3 heterocycles. The Kier molecular flexibility index (Phi) is 26.2. The summed E-state index contributed by atoms with van der Waals surface area (Å²) in [6.07, 6.45) is 7.69. The maximum atomic E-state index is 13.2. The zero-order valence-electron chi connectivity index (χ0n) is 47.2. The second kappa shape index (κ2) is 30.6. The molecule has 3 saturated heterocycles. The molecule has 0 saturated carbocycles. The van der Waals surface area contributed by atoms with Gasteiger partial charge in [-0.1, -0.05) is 12.1 Å². The summed E-state index contributed by atoms with van der Waals surface area (Å²) < 4.78 is 45.5. The Morgan fingerprint density at radius 2 is 1.07 bits per heavy atom. The number of nitrogens with one attached hydrogen (secondary N) is 1. The summed E-state index contributed by atoms with van der Waals surface area (Å²) in [7, 11) is 12.2. The largest absolute Gasteiger partial charge is 0.497 e. The zero-order chi connectivity index (χ0) is 55.7. The fourth-order valence-corrected chi connectivity index (χ4v) is 11.5. The van der Waals surface area contributed by atoms with E-state index in [0.717, 1.165) is 86.9 Å². The molecule has 3 aliphatic heterocycles. The van der Waals surface area contributed by atoms with Gasteiger partial charge in [0.05, 0.1) is 21.9 Å². The Morgan fingerprint density at radius 3 is 1.46 bits per heavy atom. The van der Waals surface area contributed by atoms with Crippen LogP contribution >= 0.6 is 12.4 Å². The van der Waals surface area contributed by atoms with E-state index in [2.05, 4.69) is 91.2 Å². The molecule has 17 nitrogen and oxygen atoms in total. The Balaban J connectivity index is 0.000000313. The normalized spacial score (nSPS) is 15.5. The van der Waals surface area contributed by atoms with Crippen LogP contribution in [0.1, 0.15) is 78.3 Å². The lowest BCUT2D eigenvalue weighted by molar-refractivity contribution is -0.385. The lowest BCUT2D eigenvalue weighted by Crippen LogP contribution is -2.42. The first kappa shape index (κ1) is 65.0. The van der Waals surface area contributed by atoms with Gasteiger partial charge in [0.2, 0.25) is 10.0 Å². The van der Waals surface area contributed by atoms with Crippen molar-refractivity contribution in [3.8, 4) is 5.75 Å². The highest BCUT2D eigenvalue weighted by atomic mass is 35.5. The quantitative estimate of drug-likeness (QED) is 0.0880. The number of benzene rings is 4. The molecule has 7 rings (SSSR count). The van der Waals surface area contributed by atoms with Crippen LogP contribution in [0.3, 0.4) is 0 Å². The number of hydrogen-bond acceptors (Lipinski definition) is 14. The number of hydrogen-bond donors (Lipinski definition) is 1. The van der Waals surface area contributed by atoms with Gasteiger partial charge in [0.1, 0.15) is 17.3 Å².